The fourth-order valence-corrected chi connectivity index (χ4v) is 3.18. The van der Waals surface area contributed by atoms with Gasteiger partial charge < -0.3 is 19.9 Å². The minimum Gasteiger partial charge on any atom is -0.378 e. The van der Waals surface area contributed by atoms with Crippen LogP contribution in [0.3, 0.4) is 0 Å². The van der Waals surface area contributed by atoms with Crippen molar-refractivity contribution in [3.05, 3.63) is 11.6 Å². The first-order valence-corrected chi connectivity index (χ1v) is 8.74. The summed E-state index contributed by atoms with van der Waals surface area (Å²) in [6.07, 6.45) is 3.41. The predicted molar refractivity (Wildman–Crippen MR) is 93.8 cm³/mol. The quantitative estimate of drug-likeness (QED) is 0.631. The molecule has 7 heteroatoms. The van der Waals surface area contributed by atoms with Crippen LogP contribution in [-0.2, 0) is 18.3 Å². The maximum atomic E-state index is 5.72. The number of hydrogen-bond donors (Lipinski definition) is 2. The van der Waals surface area contributed by atoms with Gasteiger partial charge in [0, 0.05) is 31.7 Å². The summed E-state index contributed by atoms with van der Waals surface area (Å²) in [6, 6.07) is 0.892. The Labute approximate surface area is 144 Å². The molecule has 2 N–H and O–H groups in total. The van der Waals surface area contributed by atoms with E-state index in [-0.39, 0.29) is 11.0 Å². The molecule has 3 rings (SSSR count). The second-order valence-corrected chi connectivity index (χ2v) is 7.86. The minimum atomic E-state index is -0.0872. The smallest absolute Gasteiger partial charge is 0.192 e. The highest BCUT2D eigenvalue weighted by molar-refractivity contribution is 5.81. The van der Waals surface area contributed by atoms with E-state index in [0.717, 1.165) is 24.0 Å². The molecule has 0 saturated heterocycles. The molecule has 2 atom stereocenters. The molecule has 134 valence electrons. The van der Waals surface area contributed by atoms with Crippen molar-refractivity contribution in [2.45, 2.75) is 71.2 Å². The maximum Gasteiger partial charge on any atom is 0.192 e. The Morgan fingerprint density at radius 2 is 2.00 bits per heavy atom. The van der Waals surface area contributed by atoms with Gasteiger partial charge in [-0.2, -0.15) is 0 Å². The van der Waals surface area contributed by atoms with Crippen LogP contribution in [0, 0.1) is 12.3 Å². The number of nitrogens with zero attached hydrogens (tertiary/aromatic N) is 4. The summed E-state index contributed by atoms with van der Waals surface area (Å²) in [7, 11) is 3.77. The van der Waals surface area contributed by atoms with Gasteiger partial charge in [0.2, 0.25) is 0 Å². The fraction of sp³-hybridized carbons (Fsp3) is 0.824. The lowest BCUT2D eigenvalue weighted by atomic mass is 9.56. The van der Waals surface area contributed by atoms with E-state index in [1.807, 2.05) is 18.5 Å². The van der Waals surface area contributed by atoms with Gasteiger partial charge in [-0.25, -0.2) is 4.99 Å². The van der Waals surface area contributed by atoms with Crippen LogP contribution >= 0.6 is 0 Å². The van der Waals surface area contributed by atoms with Gasteiger partial charge >= 0.3 is 0 Å². The summed E-state index contributed by atoms with van der Waals surface area (Å²) in [5.74, 6) is 2.65. The second kappa shape index (κ2) is 6.02. The normalized spacial score (nSPS) is 29.2. The molecule has 2 aliphatic rings. The van der Waals surface area contributed by atoms with Crippen molar-refractivity contribution < 1.29 is 4.74 Å². The van der Waals surface area contributed by atoms with Gasteiger partial charge in [0.1, 0.15) is 12.4 Å². The van der Waals surface area contributed by atoms with Crippen molar-refractivity contribution in [2.75, 3.05) is 7.11 Å². The highest BCUT2D eigenvalue weighted by Crippen LogP contribution is 2.51. The number of guanidine groups is 1. The van der Waals surface area contributed by atoms with Crippen molar-refractivity contribution in [2.24, 2.45) is 17.5 Å². The first-order valence-electron chi connectivity index (χ1n) is 8.74. The molecule has 0 spiro atoms. The van der Waals surface area contributed by atoms with Crippen molar-refractivity contribution in [3.8, 4) is 0 Å². The zero-order valence-corrected chi connectivity index (χ0v) is 15.7. The van der Waals surface area contributed by atoms with E-state index in [1.54, 1.807) is 7.11 Å². The Morgan fingerprint density at radius 3 is 2.50 bits per heavy atom. The van der Waals surface area contributed by atoms with Crippen molar-refractivity contribution in [3.63, 3.8) is 0 Å². The van der Waals surface area contributed by atoms with Gasteiger partial charge in [0.25, 0.3) is 0 Å². The molecule has 2 aliphatic carbocycles. The summed E-state index contributed by atoms with van der Waals surface area (Å²) in [5, 5.41) is 15.4. The summed E-state index contributed by atoms with van der Waals surface area (Å²) in [4.78, 5) is 4.74. The van der Waals surface area contributed by atoms with Gasteiger partial charge in [-0.3, -0.25) is 0 Å². The topological polar surface area (TPSA) is 76.4 Å². The average molecular weight is 334 g/mol. The van der Waals surface area contributed by atoms with Gasteiger partial charge in [-0.15, -0.1) is 10.2 Å². The Balaban J connectivity index is 1.68. The fourth-order valence-electron chi connectivity index (χ4n) is 3.18. The van der Waals surface area contributed by atoms with Crippen LogP contribution in [-0.4, -0.2) is 45.5 Å². The molecule has 0 radical (unpaired) electrons. The molecule has 2 saturated carbocycles. The van der Waals surface area contributed by atoms with Gasteiger partial charge in [-0.05, 0) is 33.1 Å². The molecule has 0 amide bonds. The van der Waals surface area contributed by atoms with E-state index in [1.165, 1.54) is 12.8 Å². The Bertz CT molecular complexity index is 633. The van der Waals surface area contributed by atoms with Crippen LogP contribution in [0.4, 0.5) is 0 Å². The van der Waals surface area contributed by atoms with E-state index in [0.29, 0.717) is 18.6 Å². The van der Waals surface area contributed by atoms with Crippen LogP contribution in [0.1, 0.15) is 51.7 Å². The molecule has 1 heterocycles. The van der Waals surface area contributed by atoms with E-state index in [4.69, 9.17) is 9.73 Å². The number of aromatic nitrogens is 3. The SMILES string of the molecule is COC1(C)CC(NC(=NCc2nnc(C)n2C)NC2CC2)C1(C)C. The molecule has 24 heavy (non-hydrogen) atoms. The number of nitrogens with one attached hydrogen (secondary N) is 2. The lowest BCUT2D eigenvalue weighted by molar-refractivity contribution is -0.176. The summed E-state index contributed by atoms with van der Waals surface area (Å²) < 4.78 is 7.70. The average Bonchev–Trinajstić information content (AvgIpc) is 3.31. The first kappa shape index (κ1) is 17.2. The molecule has 0 bridgehead atoms. The number of aryl methyl sites for hydroxylation is 1. The van der Waals surface area contributed by atoms with Gasteiger partial charge in [0.05, 0.1) is 5.60 Å². The molecule has 0 aromatic carbocycles. The minimum absolute atomic E-state index is 0.0507. The van der Waals surface area contributed by atoms with E-state index in [2.05, 4.69) is 41.6 Å². The molecular formula is C17H30N6O. The molecule has 2 unspecified atom stereocenters. The summed E-state index contributed by atoms with van der Waals surface area (Å²) in [6.45, 7) is 9.15. The molecule has 1 aromatic heterocycles. The first-order chi connectivity index (χ1) is 11.3. The van der Waals surface area contributed by atoms with E-state index in [9.17, 15) is 0 Å². The van der Waals surface area contributed by atoms with Gasteiger partial charge in [0.15, 0.2) is 11.8 Å². The predicted octanol–water partition coefficient (Wildman–Crippen LogP) is 1.52. The number of rotatable bonds is 5. The van der Waals surface area contributed by atoms with Crippen LogP contribution in [0.25, 0.3) is 0 Å². The highest BCUT2D eigenvalue weighted by Gasteiger charge is 2.58. The maximum absolute atomic E-state index is 5.72. The lowest BCUT2D eigenvalue weighted by Gasteiger charge is -2.59. The molecule has 7 nitrogen and oxygen atoms in total. The third kappa shape index (κ3) is 3.01. The zero-order valence-electron chi connectivity index (χ0n) is 15.7. The highest BCUT2D eigenvalue weighted by atomic mass is 16.5. The zero-order chi connectivity index (χ0) is 17.5. The number of hydrogen-bond acceptors (Lipinski definition) is 4. The van der Waals surface area contributed by atoms with Crippen molar-refractivity contribution in [1.82, 2.24) is 25.4 Å². The number of methoxy groups -OCH3 is 1. The van der Waals surface area contributed by atoms with Crippen LogP contribution in [0.5, 0.6) is 0 Å². The van der Waals surface area contributed by atoms with Crippen LogP contribution in [0.15, 0.2) is 4.99 Å². The third-order valence-electron chi connectivity index (χ3n) is 6.07. The largest absolute Gasteiger partial charge is 0.378 e. The summed E-state index contributed by atoms with van der Waals surface area (Å²) in [5.41, 5.74) is -0.0365. The van der Waals surface area contributed by atoms with Crippen molar-refractivity contribution >= 4 is 5.96 Å². The number of ether oxygens (including phenoxy) is 1. The Kier molecular flexibility index (Phi) is 4.32. The van der Waals surface area contributed by atoms with Crippen molar-refractivity contribution in [1.29, 1.82) is 0 Å². The monoisotopic (exact) mass is 334 g/mol. The van der Waals surface area contributed by atoms with E-state index >= 15 is 0 Å². The van der Waals surface area contributed by atoms with Crippen LogP contribution in [0.2, 0.25) is 0 Å². The van der Waals surface area contributed by atoms with Gasteiger partial charge in [-0.1, -0.05) is 13.8 Å². The van der Waals surface area contributed by atoms with E-state index < -0.39 is 0 Å². The Hall–Kier alpha value is -1.63. The molecule has 0 aliphatic heterocycles. The Morgan fingerprint density at radius 1 is 1.29 bits per heavy atom. The molecular weight excluding hydrogens is 304 g/mol. The summed E-state index contributed by atoms with van der Waals surface area (Å²) >= 11 is 0. The standard InChI is InChI=1S/C17H30N6O/c1-11-21-22-14(23(11)5)10-18-15(19-12-7-8-12)20-13-9-17(4,24-6)16(13,2)3/h12-13H,7-10H2,1-6H3,(H2,18,19,20). The molecule has 1 aromatic rings. The lowest BCUT2D eigenvalue weighted by Crippen LogP contribution is -2.69. The molecule has 2 fully saturated rings. The van der Waals surface area contributed by atoms with Crippen LogP contribution < -0.4 is 10.6 Å². The third-order valence-corrected chi connectivity index (χ3v) is 6.07. The number of aliphatic imine (C=N–C) groups is 1. The second-order valence-electron chi connectivity index (χ2n) is 7.86.